The number of hydrogen-bond acceptors (Lipinski definition) is 1. The molecular formula is C24H54N2O+2. The fourth-order valence-electron chi connectivity index (χ4n) is 3.95. The Morgan fingerprint density at radius 2 is 0.741 bits per heavy atom. The number of quaternary nitrogens is 2. The lowest BCUT2D eigenvalue weighted by molar-refractivity contribution is -0.891. The summed E-state index contributed by atoms with van der Waals surface area (Å²) in [4.78, 5) is 0. The van der Waals surface area contributed by atoms with Gasteiger partial charge in [-0.05, 0) is 38.5 Å². The summed E-state index contributed by atoms with van der Waals surface area (Å²) >= 11 is 0. The van der Waals surface area contributed by atoms with Gasteiger partial charge in [-0.3, -0.25) is 0 Å². The summed E-state index contributed by atoms with van der Waals surface area (Å²) in [5.74, 6) is 0. The summed E-state index contributed by atoms with van der Waals surface area (Å²) in [6.07, 6.45) is 19.7. The minimum atomic E-state index is 0.303. The van der Waals surface area contributed by atoms with Crippen molar-refractivity contribution in [3.8, 4) is 0 Å². The van der Waals surface area contributed by atoms with Gasteiger partial charge in [0, 0.05) is 0 Å². The van der Waals surface area contributed by atoms with Crippen LogP contribution in [-0.4, -0.2) is 75.0 Å². The molecule has 0 aliphatic heterocycles. The predicted octanol–water partition coefficient (Wildman–Crippen LogP) is 5.61. The predicted molar refractivity (Wildman–Crippen MR) is 121 cm³/mol. The zero-order valence-corrected chi connectivity index (χ0v) is 19.8. The second-order valence-electron chi connectivity index (χ2n) is 10.1. The highest BCUT2D eigenvalue weighted by atomic mass is 16.3. The summed E-state index contributed by atoms with van der Waals surface area (Å²) < 4.78 is 2.15. The number of nitrogens with zero attached hydrogens (tertiary/aromatic N) is 2. The van der Waals surface area contributed by atoms with Gasteiger partial charge in [-0.25, -0.2) is 0 Å². The van der Waals surface area contributed by atoms with Gasteiger partial charge >= 0.3 is 0 Å². The van der Waals surface area contributed by atoms with E-state index in [0.717, 1.165) is 11.0 Å². The molecule has 0 saturated carbocycles. The topological polar surface area (TPSA) is 20.2 Å². The lowest BCUT2D eigenvalue weighted by Gasteiger charge is -2.30. The van der Waals surface area contributed by atoms with Crippen molar-refractivity contribution < 1.29 is 14.1 Å². The smallest absolute Gasteiger partial charge is 0.102 e. The Balaban J connectivity index is 3.48. The molecule has 0 radical (unpaired) electrons. The first-order valence-electron chi connectivity index (χ1n) is 12.1. The molecule has 164 valence electrons. The van der Waals surface area contributed by atoms with Crippen molar-refractivity contribution in [2.75, 3.05) is 61.0 Å². The largest absolute Gasteiger partial charge is 0.391 e. The average Bonchev–Trinajstić information content (AvgIpc) is 2.59. The van der Waals surface area contributed by atoms with E-state index in [1.165, 1.54) is 114 Å². The Morgan fingerprint density at radius 1 is 0.444 bits per heavy atom. The van der Waals surface area contributed by atoms with E-state index in [0.29, 0.717) is 6.61 Å². The van der Waals surface area contributed by atoms with Crippen LogP contribution in [0.4, 0.5) is 0 Å². The van der Waals surface area contributed by atoms with E-state index in [1.807, 2.05) is 0 Å². The monoisotopic (exact) mass is 386 g/mol. The minimum absolute atomic E-state index is 0.303. The first-order valence-corrected chi connectivity index (χ1v) is 12.1. The number of rotatable bonds is 20. The van der Waals surface area contributed by atoms with Gasteiger partial charge in [0.05, 0.1) is 54.4 Å². The normalized spacial score (nSPS) is 12.7. The maximum Gasteiger partial charge on any atom is 0.102 e. The number of hydrogen-bond donors (Lipinski definition) is 1. The third kappa shape index (κ3) is 19.0. The molecule has 0 aromatic carbocycles. The Morgan fingerprint density at radius 3 is 1.07 bits per heavy atom. The summed E-state index contributed by atoms with van der Waals surface area (Å²) in [6, 6.07) is 0. The van der Waals surface area contributed by atoms with Gasteiger partial charge in [0.2, 0.25) is 0 Å². The molecule has 0 spiro atoms. The van der Waals surface area contributed by atoms with Crippen LogP contribution in [0.25, 0.3) is 0 Å². The molecule has 0 aromatic rings. The zero-order valence-electron chi connectivity index (χ0n) is 19.8. The van der Waals surface area contributed by atoms with Crippen molar-refractivity contribution in [2.24, 2.45) is 0 Å². The van der Waals surface area contributed by atoms with Crippen LogP contribution in [0, 0.1) is 0 Å². The highest BCUT2D eigenvalue weighted by Gasteiger charge is 2.15. The van der Waals surface area contributed by atoms with Crippen molar-refractivity contribution in [3.05, 3.63) is 0 Å². The number of likely N-dealkylation sites (N-methyl/N-ethyl adjacent to an activating group) is 1. The first-order chi connectivity index (χ1) is 12.8. The maximum atomic E-state index is 9.09. The molecule has 1 N–H and O–H groups in total. The Labute approximate surface area is 172 Å². The molecule has 0 aromatic heterocycles. The minimum Gasteiger partial charge on any atom is -0.391 e. The van der Waals surface area contributed by atoms with E-state index in [9.17, 15) is 0 Å². The third-order valence-electron chi connectivity index (χ3n) is 6.10. The van der Waals surface area contributed by atoms with Gasteiger partial charge in [-0.1, -0.05) is 58.3 Å². The molecule has 0 aliphatic carbocycles. The summed E-state index contributed by atoms with van der Waals surface area (Å²) in [7, 11) is 9.27. The first kappa shape index (κ1) is 26.9. The SMILES string of the molecule is CCCCCCCCCCCC[N+](C)(C)CCCCCC[N+](C)(C)CCO. The molecule has 0 heterocycles. The van der Waals surface area contributed by atoms with E-state index in [1.54, 1.807) is 0 Å². The van der Waals surface area contributed by atoms with Crippen molar-refractivity contribution in [1.82, 2.24) is 0 Å². The third-order valence-corrected chi connectivity index (χ3v) is 6.10. The maximum absolute atomic E-state index is 9.09. The molecule has 0 fully saturated rings. The molecule has 0 rings (SSSR count). The van der Waals surface area contributed by atoms with Crippen molar-refractivity contribution in [2.45, 2.75) is 96.8 Å². The molecule has 0 bridgehead atoms. The fourth-order valence-corrected chi connectivity index (χ4v) is 3.95. The van der Waals surface area contributed by atoms with Crippen LogP contribution in [0.3, 0.4) is 0 Å². The number of aliphatic hydroxyl groups is 1. The molecule has 0 saturated heterocycles. The van der Waals surface area contributed by atoms with E-state index >= 15 is 0 Å². The van der Waals surface area contributed by atoms with Crippen LogP contribution in [-0.2, 0) is 0 Å². The van der Waals surface area contributed by atoms with Crippen LogP contribution in [0.1, 0.15) is 96.8 Å². The molecule has 27 heavy (non-hydrogen) atoms. The standard InChI is InChI=1S/C24H54N2O/c1-6-7-8-9-10-11-12-13-14-17-20-25(2,3)21-18-15-16-19-22-26(4,5)23-24-27/h27H,6-24H2,1-5H3/q+2. The highest BCUT2D eigenvalue weighted by Crippen LogP contribution is 2.13. The van der Waals surface area contributed by atoms with E-state index in [4.69, 9.17) is 5.11 Å². The van der Waals surface area contributed by atoms with Crippen LogP contribution in [0.2, 0.25) is 0 Å². The molecule has 0 aliphatic rings. The lowest BCUT2D eigenvalue weighted by atomic mass is 10.1. The van der Waals surface area contributed by atoms with E-state index in [2.05, 4.69) is 35.1 Å². The summed E-state index contributed by atoms with van der Waals surface area (Å²) in [5, 5.41) is 9.09. The van der Waals surface area contributed by atoms with Gasteiger partial charge in [0.15, 0.2) is 0 Å². The fraction of sp³-hybridized carbons (Fsp3) is 1.00. The van der Waals surface area contributed by atoms with Crippen molar-refractivity contribution >= 4 is 0 Å². The molecule has 0 atom stereocenters. The van der Waals surface area contributed by atoms with E-state index in [-0.39, 0.29) is 0 Å². The van der Waals surface area contributed by atoms with Gasteiger partial charge in [-0.15, -0.1) is 0 Å². The van der Waals surface area contributed by atoms with E-state index < -0.39 is 0 Å². The Bertz CT molecular complexity index is 316. The zero-order chi connectivity index (χ0) is 20.4. The number of aliphatic hydroxyl groups excluding tert-OH is 1. The van der Waals surface area contributed by atoms with Crippen LogP contribution in [0.15, 0.2) is 0 Å². The molecular weight excluding hydrogens is 332 g/mol. The summed E-state index contributed by atoms with van der Waals surface area (Å²) in [6.45, 7) is 7.34. The van der Waals surface area contributed by atoms with Crippen molar-refractivity contribution in [3.63, 3.8) is 0 Å². The van der Waals surface area contributed by atoms with Crippen LogP contribution in [0.5, 0.6) is 0 Å². The molecule has 3 nitrogen and oxygen atoms in total. The van der Waals surface area contributed by atoms with Gasteiger partial charge in [0.25, 0.3) is 0 Å². The lowest BCUT2D eigenvalue weighted by Crippen LogP contribution is -2.42. The molecule has 0 amide bonds. The van der Waals surface area contributed by atoms with Crippen LogP contribution < -0.4 is 0 Å². The molecule has 3 heteroatoms. The quantitative estimate of drug-likeness (QED) is 0.213. The summed E-state index contributed by atoms with van der Waals surface area (Å²) in [5.41, 5.74) is 0. The highest BCUT2D eigenvalue weighted by molar-refractivity contribution is 4.49. The second-order valence-corrected chi connectivity index (χ2v) is 10.1. The van der Waals surface area contributed by atoms with Gasteiger partial charge in [0.1, 0.15) is 6.54 Å². The second kappa shape index (κ2) is 16.8. The van der Waals surface area contributed by atoms with Crippen LogP contribution >= 0.6 is 0 Å². The Hall–Kier alpha value is -0.120. The number of unbranched alkanes of at least 4 members (excludes halogenated alkanes) is 12. The van der Waals surface area contributed by atoms with Gasteiger partial charge < -0.3 is 14.1 Å². The average molecular weight is 387 g/mol. The van der Waals surface area contributed by atoms with Gasteiger partial charge in [-0.2, -0.15) is 0 Å². The van der Waals surface area contributed by atoms with Crippen molar-refractivity contribution in [1.29, 1.82) is 0 Å². The molecule has 0 unspecified atom stereocenters. The Kier molecular flexibility index (Phi) is 16.7.